The lowest BCUT2D eigenvalue weighted by Gasteiger charge is -2.06. The van der Waals surface area contributed by atoms with Crippen LogP contribution in [0, 0.1) is 0 Å². The number of carbonyl (C=O) groups is 1. The van der Waals surface area contributed by atoms with Gasteiger partial charge in [-0.1, -0.05) is 12.2 Å². The van der Waals surface area contributed by atoms with Gasteiger partial charge >= 0.3 is 6.09 Å². The Balaban J connectivity index is 2.20. The second kappa shape index (κ2) is 3.56. The molecule has 1 N–H and O–H groups in total. The van der Waals surface area contributed by atoms with E-state index in [4.69, 9.17) is 4.74 Å². The van der Waals surface area contributed by atoms with Gasteiger partial charge in [0.2, 0.25) is 0 Å². The van der Waals surface area contributed by atoms with Crippen LogP contribution >= 0.6 is 0 Å². The van der Waals surface area contributed by atoms with Crippen LogP contribution in [0.1, 0.15) is 6.92 Å². The average molecular weight is 189 g/mol. The molecule has 0 spiro atoms. The summed E-state index contributed by atoms with van der Waals surface area (Å²) in [6, 6.07) is 0. The van der Waals surface area contributed by atoms with Crippen molar-refractivity contribution >= 4 is 6.09 Å². The van der Waals surface area contributed by atoms with E-state index in [0.29, 0.717) is 6.54 Å². The van der Waals surface area contributed by atoms with Crippen LogP contribution in [-0.4, -0.2) is 18.7 Å². The van der Waals surface area contributed by atoms with Crippen molar-refractivity contribution in [3.8, 4) is 0 Å². The molecule has 0 aromatic carbocycles. The van der Waals surface area contributed by atoms with Crippen molar-refractivity contribution in [2.75, 3.05) is 6.54 Å². The maximum atomic E-state index is 10.8. The number of hydrogen-bond acceptors (Lipinski definition) is 2. The fraction of sp³-hybridized carbons (Fsp3) is 0.273. The first kappa shape index (κ1) is 8.85. The highest BCUT2D eigenvalue weighted by Crippen LogP contribution is 2.15. The minimum atomic E-state index is -0.349. The summed E-state index contributed by atoms with van der Waals surface area (Å²) in [6.07, 6.45) is 7.16. The molecule has 1 heterocycles. The number of hydrogen-bond donors (Lipinski definition) is 1. The Bertz CT molecular complexity index is 384. The summed E-state index contributed by atoms with van der Waals surface area (Å²) in [5.74, 6) is 0. The van der Waals surface area contributed by atoms with Crippen molar-refractivity contribution in [1.29, 1.82) is 0 Å². The second-order valence-electron chi connectivity index (χ2n) is 3.31. The summed E-state index contributed by atoms with van der Waals surface area (Å²) in [5, 5.41) is 2.62. The summed E-state index contributed by atoms with van der Waals surface area (Å²) in [7, 11) is 0. The van der Waals surface area contributed by atoms with Gasteiger partial charge in [0.25, 0.3) is 0 Å². The number of carbonyl (C=O) groups excluding carboxylic acids is 1. The molecule has 0 aromatic rings. The molecule has 2 aliphatic rings. The lowest BCUT2D eigenvalue weighted by Crippen LogP contribution is -2.15. The zero-order chi connectivity index (χ0) is 9.97. The predicted molar refractivity (Wildman–Crippen MR) is 52.8 cm³/mol. The molecule has 1 unspecified atom stereocenters. The highest BCUT2D eigenvalue weighted by atomic mass is 16.6. The number of ether oxygens (including phenoxy) is 1. The smallest absolute Gasteiger partial charge is 0.407 e. The van der Waals surface area contributed by atoms with E-state index in [0.717, 1.165) is 11.1 Å². The van der Waals surface area contributed by atoms with Crippen molar-refractivity contribution < 1.29 is 9.53 Å². The zero-order valence-corrected chi connectivity index (χ0v) is 7.91. The summed E-state index contributed by atoms with van der Waals surface area (Å²) >= 11 is 0. The van der Waals surface area contributed by atoms with Gasteiger partial charge < -0.3 is 10.1 Å². The molecule has 0 radical (unpaired) electrons. The topological polar surface area (TPSA) is 38.3 Å². The fourth-order valence-corrected chi connectivity index (χ4v) is 1.37. The van der Waals surface area contributed by atoms with E-state index in [9.17, 15) is 4.79 Å². The molecule has 72 valence electrons. The third-order valence-electron chi connectivity index (χ3n) is 2.15. The van der Waals surface area contributed by atoms with Crippen molar-refractivity contribution in [2.45, 2.75) is 13.0 Å². The Kier molecular flexibility index (Phi) is 2.25. The Hall–Kier alpha value is -1.73. The molecule has 1 amide bonds. The molecule has 1 fully saturated rings. The standard InChI is InChI=1S/C11H11NO2/c1-8-3-2-4-9(6-5-8)10-7-12-11(13)14-10/h3-6,10H,7H2,1H3,(H,12,13). The SMILES string of the molecule is CC1=CC=C(C2CNC(=O)O2)C=C=C1. The van der Waals surface area contributed by atoms with E-state index in [2.05, 4.69) is 11.0 Å². The third-order valence-corrected chi connectivity index (χ3v) is 2.15. The van der Waals surface area contributed by atoms with E-state index in [1.807, 2.05) is 31.2 Å². The number of nitrogens with one attached hydrogen (secondary N) is 1. The minimum Gasteiger partial charge on any atom is -0.439 e. The highest BCUT2D eigenvalue weighted by molar-refractivity contribution is 5.70. The molecule has 1 atom stereocenters. The molecule has 14 heavy (non-hydrogen) atoms. The van der Waals surface area contributed by atoms with Crippen LogP contribution < -0.4 is 5.32 Å². The van der Waals surface area contributed by atoms with E-state index >= 15 is 0 Å². The van der Waals surface area contributed by atoms with Crippen molar-refractivity contribution in [2.24, 2.45) is 0 Å². The van der Waals surface area contributed by atoms with Gasteiger partial charge in [-0.25, -0.2) is 4.79 Å². The Morgan fingerprint density at radius 2 is 2.36 bits per heavy atom. The maximum absolute atomic E-state index is 10.8. The van der Waals surface area contributed by atoms with Crippen molar-refractivity contribution in [3.63, 3.8) is 0 Å². The first-order chi connectivity index (χ1) is 6.75. The van der Waals surface area contributed by atoms with Gasteiger partial charge in [-0.3, -0.25) is 0 Å². The van der Waals surface area contributed by atoms with Crippen LogP contribution in [0.15, 0.2) is 41.2 Å². The van der Waals surface area contributed by atoms with Crippen LogP contribution in [0.2, 0.25) is 0 Å². The molecule has 0 aromatic heterocycles. The van der Waals surface area contributed by atoms with Crippen LogP contribution in [0.4, 0.5) is 4.79 Å². The fourth-order valence-electron chi connectivity index (χ4n) is 1.37. The lowest BCUT2D eigenvalue weighted by atomic mass is 10.1. The molecule has 3 nitrogen and oxygen atoms in total. The van der Waals surface area contributed by atoms with Crippen LogP contribution in [0.5, 0.6) is 0 Å². The maximum Gasteiger partial charge on any atom is 0.407 e. The molecule has 3 heteroatoms. The van der Waals surface area contributed by atoms with E-state index in [-0.39, 0.29) is 12.2 Å². The number of amides is 1. The number of cyclic esters (lactones) is 1. The minimum absolute atomic E-state index is 0.175. The number of alkyl carbamates (subject to hydrolysis) is 1. The van der Waals surface area contributed by atoms with E-state index in [1.165, 1.54) is 0 Å². The average Bonchev–Trinajstić information content (AvgIpc) is 2.46. The summed E-state index contributed by atoms with van der Waals surface area (Å²) in [5.41, 5.74) is 5.13. The van der Waals surface area contributed by atoms with E-state index in [1.54, 1.807) is 0 Å². The quantitative estimate of drug-likeness (QED) is 0.637. The summed E-state index contributed by atoms with van der Waals surface area (Å²) in [4.78, 5) is 10.8. The first-order valence-corrected chi connectivity index (χ1v) is 4.51. The van der Waals surface area contributed by atoms with E-state index < -0.39 is 0 Å². The third kappa shape index (κ3) is 1.78. The van der Waals surface area contributed by atoms with Crippen molar-refractivity contribution in [3.05, 3.63) is 41.2 Å². The Morgan fingerprint density at radius 3 is 3.07 bits per heavy atom. The van der Waals surface area contributed by atoms with Crippen LogP contribution in [-0.2, 0) is 4.74 Å². The Morgan fingerprint density at radius 1 is 1.50 bits per heavy atom. The number of allylic oxidation sites excluding steroid dienone is 3. The van der Waals surface area contributed by atoms with Gasteiger partial charge in [0.15, 0.2) is 0 Å². The molecular formula is C11H11NO2. The molecule has 0 saturated carbocycles. The second-order valence-corrected chi connectivity index (χ2v) is 3.31. The van der Waals surface area contributed by atoms with Gasteiger partial charge in [-0.05, 0) is 24.6 Å². The molecule has 2 rings (SSSR count). The van der Waals surface area contributed by atoms with Crippen molar-refractivity contribution in [1.82, 2.24) is 5.32 Å². The largest absolute Gasteiger partial charge is 0.439 e. The van der Waals surface area contributed by atoms with Gasteiger partial charge in [0.05, 0.1) is 6.54 Å². The van der Waals surface area contributed by atoms with Crippen LogP contribution in [0.25, 0.3) is 0 Å². The molecule has 0 bridgehead atoms. The number of rotatable bonds is 1. The summed E-state index contributed by atoms with van der Waals surface area (Å²) in [6.45, 7) is 2.54. The molecule has 1 saturated heterocycles. The van der Waals surface area contributed by atoms with Gasteiger partial charge in [-0.15, -0.1) is 5.73 Å². The zero-order valence-electron chi connectivity index (χ0n) is 7.91. The summed E-state index contributed by atoms with van der Waals surface area (Å²) < 4.78 is 5.06. The molecule has 1 aliphatic heterocycles. The van der Waals surface area contributed by atoms with Gasteiger partial charge in [0, 0.05) is 5.57 Å². The predicted octanol–water partition coefficient (Wildman–Crippen LogP) is 1.69. The first-order valence-electron chi connectivity index (χ1n) is 4.51. The highest BCUT2D eigenvalue weighted by Gasteiger charge is 2.24. The lowest BCUT2D eigenvalue weighted by molar-refractivity contribution is 0.155. The Labute approximate surface area is 82.4 Å². The van der Waals surface area contributed by atoms with Gasteiger partial charge in [0.1, 0.15) is 6.10 Å². The molecule has 1 aliphatic carbocycles. The van der Waals surface area contributed by atoms with Crippen LogP contribution in [0.3, 0.4) is 0 Å². The monoisotopic (exact) mass is 189 g/mol. The van der Waals surface area contributed by atoms with Gasteiger partial charge in [-0.2, -0.15) is 0 Å². The molecular weight excluding hydrogens is 178 g/mol. The normalized spacial score (nSPS) is 24.9.